The molecule has 0 saturated heterocycles. The quantitative estimate of drug-likeness (QED) is 0.712. The first-order valence-corrected chi connectivity index (χ1v) is 7.53. The molecule has 1 N–H and O–H groups in total. The highest BCUT2D eigenvalue weighted by Crippen LogP contribution is 2.17. The van der Waals surface area contributed by atoms with Gasteiger partial charge in [0.1, 0.15) is 5.82 Å². The predicted molar refractivity (Wildman–Crippen MR) is 83.0 cm³/mol. The van der Waals surface area contributed by atoms with E-state index in [0.29, 0.717) is 12.6 Å². The van der Waals surface area contributed by atoms with Crippen molar-refractivity contribution in [3.8, 4) is 0 Å². The largest absolute Gasteiger partial charge is 0.383 e. The Morgan fingerprint density at radius 2 is 2.00 bits per heavy atom. The molecule has 5 heteroatoms. The van der Waals surface area contributed by atoms with Crippen molar-refractivity contribution in [2.45, 2.75) is 46.2 Å². The minimum atomic E-state index is 0.480. The van der Waals surface area contributed by atoms with Crippen molar-refractivity contribution in [2.75, 3.05) is 31.7 Å². The first-order chi connectivity index (χ1) is 9.76. The fraction of sp³-hybridized carbons (Fsp3) is 0.733. The van der Waals surface area contributed by atoms with Crippen LogP contribution in [0, 0.1) is 0 Å². The number of hydrogen-bond donors (Lipinski definition) is 1. The second kappa shape index (κ2) is 9.66. The summed E-state index contributed by atoms with van der Waals surface area (Å²) >= 11 is 0. The summed E-state index contributed by atoms with van der Waals surface area (Å²) in [5.74, 6) is 0.950. The van der Waals surface area contributed by atoms with Crippen molar-refractivity contribution in [3.63, 3.8) is 0 Å². The van der Waals surface area contributed by atoms with Gasteiger partial charge in [0.15, 0.2) is 0 Å². The zero-order valence-electron chi connectivity index (χ0n) is 13.2. The van der Waals surface area contributed by atoms with Crippen molar-refractivity contribution in [3.05, 3.63) is 18.1 Å². The maximum Gasteiger partial charge on any atom is 0.147 e. The maximum atomic E-state index is 5.23. The van der Waals surface area contributed by atoms with Gasteiger partial charge >= 0.3 is 0 Å². The third-order valence-corrected chi connectivity index (χ3v) is 3.44. The Kier molecular flexibility index (Phi) is 8.14. The third-order valence-electron chi connectivity index (χ3n) is 3.44. The van der Waals surface area contributed by atoms with Gasteiger partial charge in [0, 0.05) is 32.4 Å². The topological polar surface area (TPSA) is 50.3 Å². The van der Waals surface area contributed by atoms with Crippen molar-refractivity contribution >= 4 is 5.82 Å². The average molecular weight is 280 g/mol. The molecule has 0 aliphatic carbocycles. The second-order valence-corrected chi connectivity index (χ2v) is 4.81. The van der Waals surface area contributed by atoms with Crippen LogP contribution >= 0.6 is 0 Å². The highest BCUT2D eigenvalue weighted by molar-refractivity contribution is 5.38. The van der Waals surface area contributed by atoms with Gasteiger partial charge in [-0.3, -0.25) is 4.98 Å². The van der Waals surface area contributed by atoms with Gasteiger partial charge < -0.3 is 15.0 Å². The molecule has 1 heterocycles. The van der Waals surface area contributed by atoms with Gasteiger partial charge in [-0.05, 0) is 19.4 Å². The van der Waals surface area contributed by atoms with Crippen LogP contribution in [0.15, 0.2) is 12.4 Å². The van der Waals surface area contributed by atoms with E-state index >= 15 is 0 Å². The number of anilines is 1. The standard InChI is InChI=1S/C15H28N4O/c1-5-14(6-2)19(8-9-20-4)15-12-17-11-13(18-15)10-16-7-3/h11-12,14,16H,5-10H2,1-4H3. The van der Waals surface area contributed by atoms with Gasteiger partial charge in [0.25, 0.3) is 0 Å². The van der Waals surface area contributed by atoms with E-state index in [4.69, 9.17) is 9.72 Å². The molecule has 1 aromatic heterocycles. The molecule has 0 unspecified atom stereocenters. The summed E-state index contributed by atoms with van der Waals surface area (Å²) in [6.07, 6.45) is 5.87. The number of methoxy groups -OCH3 is 1. The summed E-state index contributed by atoms with van der Waals surface area (Å²) in [6, 6.07) is 0.480. The predicted octanol–water partition coefficient (Wildman–Crippen LogP) is 2.23. The van der Waals surface area contributed by atoms with E-state index in [2.05, 4.69) is 36.0 Å². The summed E-state index contributed by atoms with van der Waals surface area (Å²) in [5.41, 5.74) is 0.984. The number of nitrogens with zero attached hydrogens (tertiary/aromatic N) is 3. The molecule has 20 heavy (non-hydrogen) atoms. The van der Waals surface area contributed by atoms with E-state index in [1.807, 2.05) is 12.4 Å². The number of nitrogens with one attached hydrogen (secondary N) is 1. The lowest BCUT2D eigenvalue weighted by molar-refractivity contribution is 0.202. The molecule has 0 aromatic carbocycles. The molecule has 0 bridgehead atoms. The fourth-order valence-corrected chi connectivity index (χ4v) is 2.27. The van der Waals surface area contributed by atoms with Crippen molar-refractivity contribution in [2.24, 2.45) is 0 Å². The van der Waals surface area contributed by atoms with Crippen LogP contribution in [0.4, 0.5) is 5.82 Å². The monoisotopic (exact) mass is 280 g/mol. The van der Waals surface area contributed by atoms with Crippen LogP contribution in [0.5, 0.6) is 0 Å². The summed E-state index contributed by atoms with van der Waals surface area (Å²) in [5, 5.41) is 3.29. The zero-order chi connectivity index (χ0) is 14.8. The molecular formula is C15H28N4O. The molecule has 0 aliphatic rings. The van der Waals surface area contributed by atoms with Crippen LogP contribution in [-0.4, -0.2) is 42.8 Å². The van der Waals surface area contributed by atoms with Crippen LogP contribution in [0.25, 0.3) is 0 Å². The molecule has 114 valence electrons. The van der Waals surface area contributed by atoms with E-state index in [9.17, 15) is 0 Å². The summed E-state index contributed by atoms with van der Waals surface area (Å²) in [4.78, 5) is 11.4. The SMILES string of the molecule is CCNCc1cncc(N(CCOC)C(CC)CC)n1. The third kappa shape index (κ3) is 5.06. The van der Waals surface area contributed by atoms with E-state index in [1.165, 1.54) is 0 Å². The summed E-state index contributed by atoms with van der Waals surface area (Å²) in [6.45, 7) is 9.77. The van der Waals surface area contributed by atoms with E-state index in [-0.39, 0.29) is 0 Å². The molecule has 0 radical (unpaired) electrons. The highest BCUT2D eigenvalue weighted by Gasteiger charge is 2.17. The molecule has 0 amide bonds. The number of ether oxygens (including phenoxy) is 1. The lowest BCUT2D eigenvalue weighted by Gasteiger charge is -2.31. The van der Waals surface area contributed by atoms with Gasteiger partial charge in [-0.25, -0.2) is 4.98 Å². The van der Waals surface area contributed by atoms with Gasteiger partial charge in [0.05, 0.1) is 18.5 Å². The molecule has 0 aliphatic heterocycles. The summed E-state index contributed by atoms with van der Waals surface area (Å²) in [7, 11) is 1.73. The Morgan fingerprint density at radius 3 is 2.60 bits per heavy atom. The van der Waals surface area contributed by atoms with E-state index in [0.717, 1.165) is 44.0 Å². The van der Waals surface area contributed by atoms with Gasteiger partial charge in [-0.1, -0.05) is 20.8 Å². The van der Waals surface area contributed by atoms with E-state index < -0.39 is 0 Å². The van der Waals surface area contributed by atoms with Crippen molar-refractivity contribution < 1.29 is 4.74 Å². The van der Waals surface area contributed by atoms with Crippen LogP contribution in [0.2, 0.25) is 0 Å². The molecular weight excluding hydrogens is 252 g/mol. The minimum absolute atomic E-state index is 0.480. The van der Waals surface area contributed by atoms with Gasteiger partial charge in [0.2, 0.25) is 0 Å². The molecule has 0 atom stereocenters. The molecule has 0 spiro atoms. The molecule has 5 nitrogen and oxygen atoms in total. The summed E-state index contributed by atoms with van der Waals surface area (Å²) < 4.78 is 5.23. The fourth-order valence-electron chi connectivity index (χ4n) is 2.27. The Morgan fingerprint density at radius 1 is 1.25 bits per heavy atom. The van der Waals surface area contributed by atoms with E-state index in [1.54, 1.807) is 7.11 Å². The molecule has 0 fully saturated rings. The molecule has 1 rings (SSSR count). The van der Waals surface area contributed by atoms with Crippen LogP contribution in [-0.2, 0) is 11.3 Å². The van der Waals surface area contributed by atoms with Gasteiger partial charge in [-0.2, -0.15) is 0 Å². The minimum Gasteiger partial charge on any atom is -0.383 e. The van der Waals surface area contributed by atoms with Crippen LogP contribution < -0.4 is 10.2 Å². The number of hydrogen-bond acceptors (Lipinski definition) is 5. The average Bonchev–Trinajstić information content (AvgIpc) is 2.49. The lowest BCUT2D eigenvalue weighted by atomic mass is 10.1. The molecule has 1 aromatic rings. The lowest BCUT2D eigenvalue weighted by Crippen LogP contribution is -2.38. The zero-order valence-corrected chi connectivity index (χ0v) is 13.2. The maximum absolute atomic E-state index is 5.23. The Labute approximate surface area is 122 Å². The van der Waals surface area contributed by atoms with Crippen molar-refractivity contribution in [1.29, 1.82) is 0 Å². The smallest absolute Gasteiger partial charge is 0.147 e. The Balaban J connectivity index is 2.87. The molecule has 0 saturated carbocycles. The second-order valence-electron chi connectivity index (χ2n) is 4.81. The normalized spacial score (nSPS) is 11.1. The Bertz CT molecular complexity index is 369. The van der Waals surface area contributed by atoms with Gasteiger partial charge in [-0.15, -0.1) is 0 Å². The first kappa shape index (κ1) is 16.9. The van der Waals surface area contributed by atoms with Crippen LogP contribution in [0.1, 0.15) is 39.3 Å². The number of aromatic nitrogens is 2. The Hall–Kier alpha value is -1.20. The first-order valence-electron chi connectivity index (χ1n) is 7.53. The number of rotatable bonds is 10. The highest BCUT2D eigenvalue weighted by atomic mass is 16.5. The van der Waals surface area contributed by atoms with Crippen molar-refractivity contribution in [1.82, 2.24) is 15.3 Å². The van der Waals surface area contributed by atoms with Crippen LogP contribution in [0.3, 0.4) is 0 Å².